The van der Waals surface area contributed by atoms with Crippen LogP contribution in [0, 0.1) is 0 Å². The van der Waals surface area contributed by atoms with Crippen molar-refractivity contribution < 1.29 is 4.74 Å². The number of halogens is 1. The van der Waals surface area contributed by atoms with Crippen molar-refractivity contribution in [2.75, 3.05) is 6.61 Å². The van der Waals surface area contributed by atoms with Gasteiger partial charge in [0.25, 0.3) is 0 Å². The van der Waals surface area contributed by atoms with Crippen molar-refractivity contribution in [1.82, 2.24) is 9.97 Å². The standard InChI is InChI=1S/C11H13BrN2O/c1-3-15-8-4-5-9-10(6-8)14-11(13-9)7(2)12/h4-7H,3H2,1-2H3,(H,13,14). The number of fused-ring (bicyclic) bond motifs is 1. The van der Waals surface area contributed by atoms with E-state index in [1.54, 1.807) is 0 Å². The molecule has 3 nitrogen and oxygen atoms in total. The summed E-state index contributed by atoms with van der Waals surface area (Å²) in [5.74, 6) is 1.82. The normalized spacial score (nSPS) is 13.0. The number of hydrogen-bond donors (Lipinski definition) is 1. The Morgan fingerprint density at radius 2 is 2.33 bits per heavy atom. The summed E-state index contributed by atoms with van der Waals surface area (Å²) in [6, 6.07) is 5.88. The van der Waals surface area contributed by atoms with Crippen LogP contribution in [0.4, 0.5) is 0 Å². The van der Waals surface area contributed by atoms with E-state index in [-0.39, 0.29) is 4.83 Å². The highest BCUT2D eigenvalue weighted by molar-refractivity contribution is 9.09. The molecule has 1 heterocycles. The van der Waals surface area contributed by atoms with E-state index < -0.39 is 0 Å². The Morgan fingerprint density at radius 1 is 1.53 bits per heavy atom. The number of rotatable bonds is 3. The van der Waals surface area contributed by atoms with E-state index in [1.807, 2.05) is 32.0 Å². The van der Waals surface area contributed by atoms with E-state index in [9.17, 15) is 0 Å². The molecule has 15 heavy (non-hydrogen) atoms. The van der Waals surface area contributed by atoms with Crippen molar-refractivity contribution in [2.45, 2.75) is 18.7 Å². The number of nitrogens with zero attached hydrogens (tertiary/aromatic N) is 1. The Kier molecular flexibility index (Phi) is 2.95. The highest BCUT2D eigenvalue weighted by atomic mass is 79.9. The van der Waals surface area contributed by atoms with Gasteiger partial charge in [-0.1, -0.05) is 15.9 Å². The van der Waals surface area contributed by atoms with Crippen LogP contribution in [0.3, 0.4) is 0 Å². The molecule has 0 aliphatic rings. The summed E-state index contributed by atoms with van der Waals surface area (Å²) in [7, 11) is 0. The second-order valence-electron chi connectivity index (χ2n) is 3.35. The molecule has 0 saturated heterocycles. The first-order valence-corrected chi connectivity index (χ1v) is 5.89. The smallest absolute Gasteiger partial charge is 0.121 e. The maximum absolute atomic E-state index is 5.42. The molecule has 2 aromatic rings. The van der Waals surface area contributed by atoms with Crippen molar-refractivity contribution >= 4 is 27.0 Å². The van der Waals surface area contributed by atoms with Gasteiger partial charge >= 0.3 is 0 Å². The number of benzene rings is 1. The van der Waals surface area contributed by atoms with E-state index in [4.69, 9.17) is 4.74 Å². The zero-order chi connectivity index (χ0) is 10.8. The van der Waals surface area contributed by atoms with Gasteiger partial charge in [0, 0.05) is 6.07 Å². The minimum Gasteiger partial charge on any atom is -0.494 e. The molecule has 1 aromatic carbocycles. The molecule has 1 N–H and O–H groups in total. The number of ether oxygens (including phenoxy) is 1. The minimum absolute atomic E-state index is 0.237. The summed E-state index contributed by atoms with van der Waals surface area (Å²) in [4.78, 5) is 7.95. The van der Waals surface area contributed by atoms with Crippen molar-refractivity contribution in [3.05, 3.63) is 24.0 Å². The van der Waals surface area contributed by atoms with Crippen LogP contribution in [-0.2, 0) is 0 Å². The minimum atomic E-state index is 0.237. The Balaban J connectivity index is 2.43. The molecule has 80 valence electrons. The molecule has 0 aliphatic heterocycles. The third-order valence-corrected chi connectivity index (χ3v) is 2.59. The lowest BCUT2D eigenvalue weighted by Crippen LogP contribution is -1.90. The van der Waals surface area contributed by atoms with E-state index in [1.165, 1.54) is 0 Å². The fourth-order valence-electron chi connectivity index (χ4n) is 1.45. The van der Waals surface area contributed by atoms with E-state index in [0.717, 1.165) is 22.6 Å². The molecular weight excluding hydrogens is 256 g/mol. The summed E-state index contributed by atoms with van der Waals surface area (Å²) in [5.41, 5.74) is 1.99. The lowest BCUT2D eigenvalue weighted by molar-refractivity contribution is 0.340. The molecule has 0 fully saturated rings. The lowest BCUT2D eigenvalue weighted by atomic mass is 10.3. The predicted octanol–water partition coefficient (Wildman–Crippen LogP) is 3.42. The zero-order valence-corrected chi connectivity index (χ0v) is 10.3. The number of nitrogens with one attached hydrogen (secondary N) is 1. The average Bonchev–Trinajstić information content (AvgIpc) is 2.61. The predicted molar refractivity (Wildman–Crippen MR) is 64.6 cm³/mol. The molecule has 1 atom stereocenters. The van der Waals surface area contributed by atoms with Crippen LogP contribution < -0.4 is 4.74 Å². The highest BCUT2D eigenvalue weighted by Gasteiger charge is 2.07. The molecular formula is C11H13BrN2O. The van der Waals surface area contributed by atoms with Crippen molar-refractivity contribution in [3.8, 4) is 5.75 Å². The van der Waals surface area contributed by atoms with Gasteiger partial charge < -0.3 is 9.72 Å². The van der Waals surface area contributed by atoms with Gasteiger partial charge in [0.15, 0.2) is 0 Å². The van der Waals surface area contributed by atoms with Crippen LogP contribution in [0.2, 0.25) is 0 Å². The number of imidazole rings is 1. The van der Waals surface area contributed by atoms with Crippen LogP contribution in [0.1, 0.15) is 24.5 Å². The average molecular weight is 269 g/mol. The van der Waals surface area contributed by atoms with Crippen LogP contribution in [0.5, 0.6) is 5.75 Å². The van der Waals surface area contributed by atoms with Crippen LogP contribution in [0.15, 0.2) is 18.2 Å². The second kappa shape index (κ2) is 4.23. The summed E-state index contributed by atoms with van der Waals surface area (Å²) in [6.45, 7) is 4.70. The Hall–Kier alpha value is -1.03. The van der Waals surface area contributed by atoms with E-state index in [0.29, 0.717) is 6.61 Å². The number of hydrogen-bond acceptors (Lipinski definition) is 2. The zero-order valence-electron chi connectivity index (χ0n) is 8.75. The first-order chi connectivity index (χ1) is 7.20. The van der Waals surface area contributed by atoms with Gasteiger partial charge in [-0.3, -0.25) is 0 Å². The van der Waals surface area contributed by atoms with E-state index >= 15 is 0 Å². The molecule has 0 radical (unpaired) electrons. The maximum atomic E-state index is 5.42. The fraction of sp³-hybridized carbons (Fsp3) is 0.364. The topological polar surface area (TPSA) is 37.9 Å². The van der Waals surface area contributed by atoms with Crippen LogP contribution in [-0.4, -0.2) is 16.6 Å². The van der Waals surface area contributed by atoms with Gasteiger partial charge in [-0.05, 0) is 26.0 Å². The van der Waals surface area contributed by atoms with Gasteiger partial charge in [0.1, 0.15) is 11.6 Å². The van der Waals surface area contributed by atoms with Crippen LogP contribution >= 0.6 is 15.9 Å². The largest absolute Gasteiger partial charge is 0.494 e. The van der Waals surface area contributed by atoms with Crippen LogP contribution in [0.25, 0.3) is 11.0 Å². The van der Waals surface area contributed by atoms with Crippen molar-refractivity contribution in [3.63, 3.8) is 0 Å². The summed E-state index contributed by atoms with van der Waals surface area (Å²) < 4.78 is 5.42. The molecule has 4 heteroatoms. The first kappa shape index (κ1) is 10.5. The Morgan fingerprint density at radius 3 is 3.00 bits per heavy atom. The molecule has 0 aliphatic carbocycles. The maximum Gasteiger partial charge on any atom is 0.121 e. The SMILES string of the molecule is CCOc1ccc2nc(C(C)Br)[nH]c2c1. The summed E-state index contributed by atoms with van der Waals surface area (Å²) >= 11 is 3.48. The molecule has 0 saturated carbocycles. The van der Waals surface area contributed by atoms with Gasteiger partial charge in [0.2, 0.25) is 0 Å². The van der Waals surface area contributed by atoms with Crippen molar-refractivity contribution in [2.24, 2.45) is 0 Å². The quantitative estimate of drug-likeness (QED) is 0.867. The molecule has 0 amide bonds. The third kappa shape index (κ3) is 2.15. The number of H-pyrrole nitrogens is 1. The third-order valence-electron chi connectivity index (χ3n) is 2.16. The second-order valence-corrected chi connectivity index (χ2v) is 4.72. The molecule has 0 spiro atoms. The first-order valence-electron chi connectivity index (χ1n) is 4.97. The van der Waals surface area contributed by atoms with Gasteiger partial charge in [-0.25, -0.2) is 4.98 Å². The van der Waals surface area contributed by atoms with Gasteiger partial charge in [0.05, 0.1) is 22.5 Å². The summed E-state index contributed by atoms with van der Waals surface area (Å²) in [6.07, 6.45) is 0. The molecule has 2 rings (SSSR count). The summed E-state index contributed by atoms with van der Waals surface area (Å²) in [5, 5.41) is 0. The molecule has 1 unspecified atom stereocenters. The molecule has 0 bridgehead atoms. The number of alkyl halides is 1. The highest BCUT2D eigenvalue weighted by Crippen LogP contribution is 2.24. The van der Waals surface area contributed by atoms with E-state index in [2.05, 4.69) is 25.9 Å². The lowest BCUT2D eigenvalue weighted by Gasteiger charge is -2.00. The Labute approximate surface area is 97.0 Å². The number of aromatic amines is 1. The van der Waals surface area contributed by atoms with Gasteiger partial charge in [-0.2, -0.15) is 0 Å². The van der Waals surface area contributed by atoms with Gasteiger partial charge in [-0.15, -0.1) is 0 Å². The Bertz CT molecular complexity index is 465. The number of aromatic nitrogens is 2. The molecule has 1 aromatic heterocycles. The van der Waals surface area contributed by atoms with Crippen molar-refractivity contribution in [1.29, 1.82) is 0 Å². The fourth-order valence-corrected chi connectivity index (χ4v) is 1.67. The monoisotopic (exact) mass is 268 g/mol.